The van der Waals surface area contributed by atoms with Crippen molar-refractivity contribution in [2.45, 2.75) is 26.3 Å². The van der Waals surface area contributed by atoms with Crippen molar-refractivity contribution in [1.82, 2.24) is 4.90 Å². The first-order chi connectivity index (χ1) is 9.04. The second-order valence-corrected chi connectivity index (χ2v) is 5.14. The predicted octanol–water partition coefficient (Wildman–Crippen LogP) is 1.86. The highest BCUT2D eigenvalue weighted by molar-refractivity contribution is 5.98. The quantitative estimate of drug-likeness (QED) is 0.812. The van der Waals surface area contributed by atoms with E-state index >= 15 is 0 Å². The number of nitrogens with zero attached hydrogens (tertiary/aromatic N) is 3. The summed E-state index contributed by atoms with van der Waals surface area (Å²) in [7, 11) is 1.90. The summed E-state index contributed by atoms with van der Waals surface area (Å²) < 4.78 is 0. The molecule has 0 spiro atoms. The molecule has 19 heavy (non-hydrogen) atoms. The third-order valence-electron chi connectivity index (χ3n) is 3.70. The Hall–Kier alpha value is -1.86. The number of amides is 1. The van der Waals surface area contributed by atoms with Crippen molar-refractivity contribution in [3.05, 3.63) is 29.3 Å². The fourth-order valence-electron chi connectivity index (χ4n) is 2.47. The van der Waals surface area contributed by atoms with Gasteiger partial charge in [-0.15, -0.1) is 0 Å². The van der Waals surface area contributed by atoms with Crippen LogP contribution in [0.2, 0.25) is 0 Å². The molecule has 1 unspecified atom stereocenters. The highest BCUT2D eigenvalue weighted by atomic mass is 16.2. The molecule has 1 atom stereocenters. The van der Waals surface area contributed by atoms with E-state index in [2.05, 4.69) is 6.07 Å². The molecule has 4 nitrogen and oxygen atoms in total. The van der Waals surface area contributed by atoms with Gasteiger partial charge in [-0.05, 0) is 38.1 Å². The number of aryl methyl sites for hydroxylation is 2. The maximum Gasteiger partial charge on any atom is 0.245 e. The van der Waals surface area contributed by atoms with Gasteiger partial charge in [-0.3, -0.25) is 9.69 Å². The smallest absolute Gasteiger partial charge is 0.245 e. The van der Waals surface area contributed by atoms with Crippen LogP contribution in [0.5, 0.6) is 0 Å². The average molecular weight is 257 g/mol. The van der Waals surface area contributed by atoms with Gasteiger partial charge in [0.15, 0.2) is 0 Å². The van der Waals surface area contributed by atoms with Crippen LogP contribution in [0.25, 0.3) is 0 Å². The summed E-state index contributed by atoms with van der Waals surface area (Å²) in [6, 6.07) is 7.92. The maximum absolute atomic E-state index is 12.5. The van der Waals surface area contributed by atoms with Gasteiger partial charge in [0, 0.05) is 18.8 Å². The van der Waals surface area contributed by atoms with Gasteiger partial charge in [-0.1, -0.05) is 12.1 Å². The average Bonchev–Trinajstić information content (AvgIpc) is 2.38. The van der Waals surface area contributed by atoms with Crippen LogP contribution in [0.4, 0.5) is 5.69 Å². The lowest BCUT2D eigenvalue weighted by molar-refractivity contribution is -0.125. The lowest BCUT2D eigenvalue weighted by Gasteiger charge is -2.38. The minimum absolute atomic E-state index is 0.0315. The van der Waals surface area contributed by atoms with Crippen LogP contribution in [0, 0.1) is 25.2 Å². The minimum Gasteiger partial charge on any atom is -0.309 e. The molecule has 1 aliphatic rings. The maximum atomic E-state index is 12.5. The Morgan fingerprint density at radius 3 is 2.79 bits per heavy atom. The highest BCUT2D eigenvalue weighted by Gasteiger charge is 2.33. The Balaban J connectivity index is 2.32. The standard InChI is InChI=1S/C15H19N3O/c1-11-4-5-12(2)14(10-11)18-9-8-17(3)13(6-7-16)15(18)19/h4-5,10,13H,6,8-9H2,1-3H3. The van der Waals surface area contributed by atoms with Crippen molar-refractivity contribution in [2.75, 3.05) is 25.0 Å². The highest BCUT2D eigenvalue weighted by Crippen LogP contribution is 2.25. The first-order valence-electron chi connectivity index (χ1n) is 6.50. The van der Waals surface area contributed by atoms with Crippen LogP contribution in [0.1, 0.15) is 17.5 Å². The van der Waals surface area contributed by atoms with Crippen molar-refractivity contribution < 1.29 is 4.79 Å². The van der Waals surface area contributed by atoms with Crippen LogP contribution < -0.4 is 4.90 Å². The molecule has 2 rings (SSSR count). The zero-order chi connectivity index (χ0) is 14.0. The van der Waals surface area contributed by atoms with E-state index in [1.807, 2.05) is 48.9 Å². The zero-order valence-corrected chi connectivity index (χ0v) is 11.7. The Kier molecular flexibility index (Phi) is 3.87. The SMILES string of the molecule is Cc1ccc(C)c(N2CCN(C)C(CC#N)C2=O)c1. The molecular weight excluding hydrogens is 238 g/mol. The minimum atomic E-state index is -0.321. The second-order valence-electron chi connectivity index (χ2n) is 5.14. The molecule has 1 aliphatic heterocycles. The number of nitriles is 1. The second kappa shape index (κ2) is 5.41. The zero-order valence-electron chi connectivity index (χ0n) is 11.7. The van der Waals surface area contributed by atoms with Crippen molar-refractivity contribution in [3.63, 3.8) is 0 Å². The number of carbonyl (C=O) groups is 1. The number of anilines is 1. The Labute approximate surface area is 114 Å². The topological polar surface area (TPSA) is 47.3 Å². The molecule has 0 N–H and O–H groups in total. The third kappa shape index (κ3) is 2.61. The molecular formula is C15H19N3O. The molecule has 0 aromatic heterocycles. The van der Waals surface area contributed by atoms with E-state index in [-0.39, 0.29) is 18.4 Å². The number of hydrogen-bond donors (Lipinski definition) is 0. The van der Waals surface area contributed by atoms with Crippen molar-refractivity contribution >= 4 is 11.6 Å². The Bertz CT molecular complexity index is 533. The van der Waals surface area contributed by atoms with Gasteiger partial charge in [0.2, 0.25) is 5.91 Å². The lowest BCUT2D eigenvalue weighted by Crippen LogP contribution is -2.55. The van der Waals surface area contributed by atoms with Crippen molar-refractivity contribution in [3.8, 4) is 6.07 Å². The summed E-state index contributed by atoms with van der Waals surface area (Å²) >= 11 is 0. The van der Waals surface area contributed by atoms with Gasteiger partial charge in [-0.2, -0.15) is 5.26 Å². The van der Waals surface area contributed by atoms with Gasteiger partial charge in [0.1, 0.15) is 6.04 Å². The van der Waals surface area contributed by atoms with Crippen LogP contribution in [0.3, 0.4) is 0 Å². The van der Waals surface area contributed by atoms with Gasteiger partial charge in [0.05, 0.1) is 12.5 Å². The Morgan fingerprint density at radius 1 is 1.37 bits per heavy atom. The molecule has 1 fully saturated rings. The monoisotopic (exact) mass is 257 g/mol. The summed E-state index contributed by atoms with van der Waals surface area (Å²) in [4.78, 5) is 16.3. The molecule has 1 aromatic rings. The molecule has 0 bridgehead atoms. The van der Waals surface area contributed by atoms with Gasteiger partial charge in [-0.25, -0.2) is 0 Å². The molecule has 1 amide bonds. The summed E-state index contributed by atoms with van der Waals surface area (Å²) in [6.07, 6.45) is 0.247. The Morgan fingerprint density at radius 2 is 2.11 bits per heavy atom. The van der Waals surface area contributed by atoms with E-state index in [9.17, 15) is 4.79 Å². The summed E-state index contributed by atoms with van der Waals surface area (Å²) in [5, 5.41) is 8.86. The van der Waals surface area contributed by atoms with Crippen LogP contribution in [-0.2, 0) is 4.79 Å². The largest absolute Gasteiger partial charge is 0.309 e. The van der Waals surface area contributed by atoms with E-state index in [4.69, 9.17) is 5.26 Å². The fraction of sp³-hybridized carbons (Fsp3) is 0.467. The van der Waals surface area contributed by atoms with E-state index in [1.165, 1.54) is 0 Å². The predicted molar refractivity (Wildman–Crippen MR) is 74.9 cm³/mol. The van der Waals surface area contributed by atoms with E-state index in [0.29, 0.717) is 6.54 Å². The number of rotatable bonds is 2. The van der Waals surface area contributed by atoms with Gasteiger partial charge >= 0.3 is 0 Å². The fourth-order valence-corrected chi connectivity index (χ4v) is 2.47. The molecule has 1 aromatic carbocycles. The molecule has 1 saturated heterocycles. The number of likely N-dealkylation sites (N-methyl/N-ethyl adjacent to an activating group) is 1. The van der Waals surface area contributed by atoms with Crippen LogP contribution in [-0.4, -0.2) is 37.0 Å². The number of piperazine rings is 1. The summed E-state index contributed by atoms with van der Waals surface area (Å²) in [5.74, 6) is 0.0315. The van der Waals surface area contributed by atoms with E-state index in [1.54, 1.807) is 0 Å². The summed E-state index contributed by atoms with van der Waals surface area (Å²) in [6.45, 7) is 5.52. The summed E-state index contributed by atoms with van der Waals surface area (Å²) in [5.41, 5.74) is 3.21. The lowest BCUT2D eigenvalue weighted by atomic mass is 10.0. The number of benzene rings is 1. The van der Waals surface area contributed by atoms with Gasteiger partial charge < -0.3 is 4.90 Å². The molecule has 100 valence electrons. The molecule has 4 heteroatoms. The molecule has 1 heterocycles. The van der Waals surface area contributed by atoms with Gasteiger partial charge in [0.25, 0.3) is 0 Å². The van der Waals surface area contributed by atoms with E-state index in [0.717, 1.165) is 23.4 Å². The third-order valence-corrected chi connectivity index (χ3v) is 3.70. The van der Waals surface area contributed by atoms with Crippen molar-refractivity contribution in [2.24, 2.45) is 0 Å². The molecule has 0 radical (unpaired) electrons. The first kappa shape index (κ1) is 13.6. The van der Waals surface area contributed by atoms with E-state index < -0.39 is 0 Å². The van der Waals surface area contributed by atoms with Crippen LogP contribution in [0.15, 0.2) is 18.2 Å². The normalized spacial score (nSPS) is 20.4. The van der Waals surface area contributed by atoms with Crippen molar-refractivity contribution in [1.29, 1.82) is 5.26 Å². The number of carbonyl (C=O) groups excluding carboxylic acids is 1. The molecule has 0 saturated carbocycles. The number of hydrogen-bond acceptors (Lipinski definition) is 3. The molecule has 0 aliphatic carbocycles. The first-order valence-corrected chi connectivity index (χ1v) is 6.50. The van der Waals surface area contributed by atoms with Crippen LogP contribution >= 0.6 is 0 Å².